The topological polar surface area (TPSA) is 49.2 Å². The summed E-state index contributed by atoms with van der Waals surface area (Å²) in [7, 11) is 3.30. The van der Waals surface area contributed by atoms with E-state index in [9.17, 15) is 0 Å². The average Bonchev–Trinajstić information content (AvgIpc) is 2.94. The van der Waals surface area contributed by atoms with Gasteiger partial charge in [0.1, 0.15) is 6.61 Å². The van der Waals surface area contributed by atoms with Gasteiger partial charge in [-0.1, -0.05) is 48.5 Å². The summed E-state index contributed by atoms with van der Waals surface area (Å²) in [5.74, 6) is 0. The van der Waals surface area contributed by atoms with Crippen molar-refractivity contribution in [1.82, 2.24) is 14.8 Å². The summed E-state index contributed by atoms with van der Waals surface area (Å²) < 4.78 is 12.2. The van der Waals surface area contributed by atoms with Crippen molar-refractivity contribution in [3.8, 4) is 23.1 Å². The van der Waals surface area contributed by atoms with E-state index in [-0.39, 0.29) is 0 Å². The second kappa shape index (κ2) is 6.30. The molecule has 0 aliphatic carbocycles. The fourth-order valence-electron chi connectivity index (χ4n) is 2.18. The third kappa shape index (κ3) is 3.09. The lowest BCUT2D eigenvalue weighted by Gasteiger charge is -2.07. The van der Waals surface area contributed by atoms with Gasteiger partial charge in [-0.3, -0.25) is 0 Å². The SMILES string of the molecule is COc1nc(OCc2cccc(-c3ccccc3)c2)n(C)n1. The highest BCUT2D eigenvalue weighted by molar-refractivity contribution is 5.63. The van der Waals surface area contributed by atoms with Gasteiger partial charge in [-0.25, -0.2) is 4.68 Å². The zero-order valence-corrected chi connectivity index (χ0v) is 12.6. The van der Waals surface area contributed by atoms with E-state index in [1.165, 1.54) is 12.7 Å². The maximum Gasteiger partial charge on any atom is 0.338 e. The quantitative estimate of drug-likeness (QED) is 0.726. The van der Waals surface area contributed by atoms with Crippen molar-refractivity contribution in [3.63, 3.8) is 0 Å². The molecule has 0 N–H and O–H groups in total. The fraction of sp³-hybridized carbons (Fsp3) is 0.176. The Morgan fingerprint density at radius 2 is 1.77 bits per heavy atom. The number of rotatable bonds is 5. The van der Waals surface area contributed by atoms with Gasteiger partial charge in [-0.05, 0) is 22.8 Å². The molecule has 0 atom stereocenters. The van der Waals surface area contributed by atoms with Crippen LogP contribution in [0.5, 0.6) is 12.0 Å². The largest absolute Gasteiger partial charge is 0.466 e. The highest BCUT2D eigenvalue weighted by Gasteiger charge is 2.08. The molecule has 0 amide bonds. The minimum Gasteiger partial charge on any atom is -0.466 e. The molecule has 0 unspecified atom stereocenters. The standard InChI is InChI=1S/C17H17N3O2/c1-20-17(18-16(19-20)21-2)22-12-13-7-6-10-15(11-13)14-8-4-3-5-9-14/h3-11H,12H2,1-2H3. The number of methoxy groups -OCH3 is 1. The lowest BCUT2D eigenvalue weighted by atomic mass is 10.0. The molecule has 2 aromatic carbocycles. The Bertz CT molecular complexity index is 754. The molecule has 3 rings (SSSR count). The van der Waals surface area contributed by atoms with E-state index in [0.29, 0.717) is 18.6 Å². The van der Waals surface area contributed by atoms with E-state index in [4.69, 9.17) is 9.47 Å². The van der Waals surface area contributed by atoms with Crippen molar-refractivity contribution in [2.75, 3.05) is 7.11 Å². The van der Waals surface area contributed by atoms with E-state index in [1.807, 2.05) is 30.3 Å². The Kier molecular flexibility index (Phi) is 4.05. The van der Waals surface area contributed by atoms with Crippen LogP contribution in [0.2, 0.25) is 0 Å². The van der Waals surface area contributed by atoms with Crippen LogP contribution in [0, 0.1) is 0 Å². The molecular weight excluding hydrogens is 278 g/mol. The number of nitrogens with zero attached hydrogens (tertiary/aromatic N) is 3. The van der Waals surface area contributed by atoms with E-state index in [1.54, 1.807) is 11.7 Å². The maximum absolute atomic E-state index is 5.71. The van der Waals surface area contributed by atoms with E-state index in [0.717, 1.165) is 11.1 Å². The van der Waals surface area contributed by atoms with Crippen LogP contribution in [0.25, 0.3) is 11.1 Å². The van der Waals surface area contributed by atoms with Gasteiger partial charge in [0.05, 0.1) is 7.11 Å². The third-order valence-corrected chi connectivity index (χ3v) is 3.29. The van der Waals surface area contributed by atoms with Crippen LogP contribution in [0.15, 0.2) is 54.6 Å². The monoisotopic (exact) mass is 295 g/mol. The molecule has 5 heteroatoms. The third-order valence-electron chi connectivity index (χ3n) is 3.29. The Morgan fingerprint density at radius 1 is 1.00 bits per heavy atom. The number of ether oxygens (including phenoxy) is 2. The first-order valence-electron chi connectivity index (χ1n) is 6.98. The van der Waals surface area contributed by atoms with Gasteiger partial charge >= 0.3 is 12.0 Å². The number of hydrogen-bond donors (Lipinski definition) is 0. The summed E-state index contributed by atoms with van der Waals surface area (Å²) in [5, 5.41) is 4.06. The Labute approximate surface area is 129 Å². The van der Waals surface area contributed by atoms with Crippen molar-refractivity contribution in [1.29, 1.82) is 0 Å². The van der Waals surface area contributed by atoms with Crippen LogP contribution in [0.3, 0.4) is 0 Å². The maximum atomic E-state index is 5.71. The molecule has 0 aliphatic heterocycles. The second-order valence-corrected chi connectivity index (χ2v) is 4.86. The number of aryl methyl sites for hydroxylation is 1. The normalized spacial score (nSPS) is 10.5. The molecule has 5 nitrogen and oxygen atoms in total. The van der Waals surface area contributed by atoms with E-state index < -0.39 is 0 Å². The molecule has 0 aliphatic rings. The molecule has 0 spiro atoms. The molecule has 22 heavy (non-hydrogen) atoms. The van der Waals surface area contributed by atoms with Gasteiger partial charge in [-0.15, -0.1) is 10.1 Å². The lowest BCUT2D eigenvalue weighted by Crippen LogP contribution is -2.01. The predicted octanol–water partition coefficient (Wildman–Crippen LogP) is 3.07. The zero-order valence-electron chi connectivity index (χ0n) is 12.6. The van der Waals surface area contributed by atoms with Crippen LogP contribution in [0.1, 0.15) is 5.56 Å². The number of aromatic nitrogens is 3. The highest BCUT2D eigenvalue weighted by Crippen LogP contribution is 2.21. The molecule has 112 valence electrons. The van der Waals surface area contributed by atoms with Crippen molar-refractivity contribution in [3.05, 3.63) is 60.2 Å². The van der Waals surface area contributed by atoms with Gasteiger partial charge in [0.2, 0.25) is 0 Å². The molecule has 0 fully saturated rings. The Hall–Kier alpha value is -2.82. The summed E-state index contributed by atoms with van der Waals surface area (Å²) in [5.41, 5.74) is 3.42. The van der Waals surface area contributed by atoms with Crippen molar-refractivity contribution >= 4 is 0 Å². The molecule has 0 bridgehead atoms. The van der Waals surface area contributed by atoms with E-state index in [2.05, 4.69) is 34.3 Å². The Morgan fingerprint density at radius 3 is 2.50 bits per heavy atom. The predicted molar refractivity (Wildman–Crippen MR) is 83.8 cm³/mol. The first-order chi connectivity index (χ1) is 10.8. The van der Waals surface area contributed by atoms with Crippen LogP contribution in [-0.2, 0) is 13.7 Å². The summed E-state index contributed by atoms with van der Waals surface area (Å²) in [4.78, 5) is 4.13. The molecule has 3 aromatic rings. The Balaban J connectivity index is 1.74. The second-order valence-electron chi connectivity index (χ2n) is 4.86. The summed E-state index contributed by atoms with van der Waals surface area (Å²) in [6.07, 6.45) is 0. The van der Waals surface area contributed by atoms with Crippen LogP contribution in [0.4, 0.5) is 0 Å². The van der Waals surface area contributed by atoms with Crippen LogP contribution >= 0.6 is 0 Å². The number of benzene rings is 2. The minimum absolute atomic E-state index is 0.301. The molecule has 0 radical (unpaired) electrons. The van der Waals surface area contributed by atoms with Gasteiger partial charge in [-0.2, -0.15) is 0 Å². The van der Waals surface area contributed by atoms with Crippen molar-refractivity contribution < 1.29 is 9.47 Å². The smallest absolute Gasteiger partial charge is 0.338 e. The molecule has 0 saturated carbocycles. The summed E-state index contributed by atoms with van der Waals surface area (Å²) in [6, 6.07) is 19.2. The van der Waals surface area contributed by atoms with Gasteiger partial charge in [0.25, 0.3) is 0 Å². The average molecular weight is 295 g/mol. The first-order valence-corrected chi connectivity index (χ1v) is 6.98. The van der Waals surface area contributed by atoms with Crippen LogP contribution < -0.4 is 9.47 Å². The number of hydrogen-bond acceptors (Lipinski definition) is 4. The van der Waals surface area contributed by atoms with Gasteiger partial charge in [0.15, 0.2) is 0 Å². The molecular formula is C17H17N3O2. The zero-order chi connectivity index (χ0) is 15.4. The summed E-state index contributed by atoms with van der Waals surface area (Å²) in [6.45, 7) is 0.427. The van der Waals surface area contributed by atoms with Crippen molar-refractivity contribution in [2.24, 2.45) is 7.05 Å². The minimum atomic E-state index is 0.301. The highest BCUT2D eigenvalue weighted by atomic mass is 16.5. The van der Waals surface area contributed by atoms with Crippen molar-refractivity contribution in [2.45, 2.75) is 6.61 Å². The lowest BCUT2D eigenvalue weighted by molar-refractivity contribution is 0.267. The molecule has 1 aromatic heterocycles. The molecule has 1 heterocycles. The summed E-state index contributed by atoms with van der Waals surface area (Å²) >= 11 is 0. The van der Waals surface area contributed by atoms with Gasteiger partial charge in [0, 0.05) is 7.05 Å². The fourth-order valence-corrected chi connectivity index (χ4v) is 2.18. The first kappa shape index (κ1) is 14.1. The van der Waals surface area contributed by atoms with Crippen LogP contribution in [-0.4, -0.2) is 21.9 Å². The van der Waals surface area contributed by atoms with Gasteiger partial charge < -0.3 is 9.47 Å². The van der Waals surface area contributed by atoms with E-state index >= 15 is 0 Å². The molecule has 0 saturated heterocycles.